The highest BCUT2D eigenvalue weighted by atomic mass is 16.2. The largest absolute Gasteiger partial charge is 0.309 e. The van der Waals surface area contributed by atoms with Crippen molar-refractivity contribution in [2.24, 2.45) is 24.8 Å². The number of allylic oxidation sites excluding steroid dienone is 2. The van der Waals surface area contributed by atoms with E-state index in [-0.39, 0.29) is 11.8 Å². The maximum absolute atomic E-state index is 12.0. The first kappa shape index (κ1) is 9.63. The first-order valence-electron chi connectivity index (χ1n) is 5.71. The Kier molecular flexibility index (Phi) is 2.09. The minimum atomic E-state index is 0.121. The fourth-order valence-corrected chi connectivity index (χ4v) is 2.78. The highest BCUT2D eigenvalue weighted by molar-refractivity contribution is 5.92. The van der Waals surface area contributed by atoms with Crippen molar-refractivity contribution in [3.63, 3.8) is 0 Å². The number of aromatic nitrogens is 2. The number of nitrogens with zero attached hydrogens (tertiary/aromatic N) is 2. The molecule has 1 aromatic heterocycles. The molecular formula is C12H15N3O. The second-order valence-corrected chi connectivity index (χ2v) is 4.75. The normalized spacial score (nSPS) is 30.9. The monoisotopic (exact) mass is 217 g/mol. The number of hydrogen-bond acceptors (Lipinski definition) is 2. The lowest BCUT2D eigenvalue weighted by atomic mass is 9.93. The van der Waals surface area contributed by atoms with Crippen molar-refractivity contribution in [1.82, 2.24) is 9.78 Å². The number of hydrogen-bond donors (Lipinski definition) is 1. The second-order valence-electron chi connectivity index (χ2n) is 4.75. The van der Waals surface area contributed by atoms with Gasteiger partial charge < -0.3 is 5.32 Å². The Labute approximate surface area is 94.3 Å². The summed E-state index contributed by atoms with van der Waals surface area (Å²) in [6.07, 6.45) is 8.42. The molecule has 0 radical (unpaired) electrons. The molecule has 0 aromatic carbocycles. The van der Waals surface area contributed by atoms with Crippen LogP contribution in [0.15, 0.2) is 24.4 Å². The zero-order valence-electron chi connectivity index (χ0n) is 9.26. The molecule has 16 heavy (non-hydrogen) atoms. The molecule has 4 heteroatoms. The van der Waals surface area contributed by atoms with Crippen LogP contribution in [0.25, 0.3) is 0 Å². The van der Waals surface area contributed by atoms with Gasteiger partial charge in [0.2, 0.25) is 5.91 Å². The Hall–Kier alpha value is -1.58. The quantitative estimate of drug-likeness (QED) is 0.764. The number of fused-ring (bicyclic) bond motifs is 2. The van der Waals surface area contributed by atoms with Crippen LogP contribution in [0.3, 0.4) is 0 Å². The van der Waals surface area contributed by atoms with Crippen molar-refractivity contribution >= 4 is 11.7 Å². The first-order chi connectivity index (χ1) is 7.72. The summed E-state index contributed by atoms with van der Waals surface area (Å²) in [5.41, 5.74) is 0. The zero-order chi connectivity index (χ0) is 11.1. The highest BCUT2D eigenvalue weighted by Gasteiger charge is 2.39. The number of nitrogens with one attached hydrogen (secondary N) is 1. The van der Waals surface area contributed by atoms with Crippen LogP contribution in [0.2, 0.25) is 0 Å². The third kappa shape index (κ3) is 1.54. The molecule has 1 fully saturated rings. The predicted molar refractivity (Wildman–Crippen MR) is 60.7 cm³/mol. The Morgan fingerprint density at radius 3 is 2.94 bits per heavy atom. The summed E-state index contributed by atoms with van der Waals surface area (Å²) in [6, 6.07) is 1.82. The van der Waals surface area contributed by atoms with Gasteiger partial charge in [-0.15, -0.1) is 0 Å². The third-order valence-corrected chi connectivity index (χ3v) is 3.58. The van der Waals surface area contributed by atoms with Crippen molar-refractivity contribution in [2.75, 3.05) is 5.32 Å². The molecule has 3 rings (SSSR count). The van der Waals surface area contributed by atoms with Crippen molar-refractivity contribution in [1.29, 1.82) is 0 Å². The summed E-state index contributed by atoms with van der Waals surface area (Å²) in [7, 11) is 1.84. The van der Waals surface area contributed by atoms with Gasteiger partial charge in [-0.2, -0.15) is 5.10 Å². The molecule has 0 saturated heterocycles. The van der Waals surface area contributed by atoms with Crippen molar-refractivity contribution < 1.29 is 4.79 Å². The van der Waals surface area contributed by atoms with Crippen LogP contribution in [-0.4, -0.2) is 15.7 Å². The smallest absolute Gasteiger partial charge is 0.229 e. The minimum absolute atomic E-state index is 0.121. The van der Waals surface area contributed by atoms with Crippen LogP contribution in [0.4, 0.5) is 5.82 Å². The average molecular weight is 217 g/mol. The number of carbonyl (C=O) groups excluding carboxylic acids is 1. The number of rotatable bonds is 2. The number of anilines is 1. The lowest BCUT2D eigenvalue weighted by Gasteiger charge is -2.16. The molecule has 2 aliphatic carbocycles. The molecule has 0 aliphatic heterocycles. The summed E-state index contributed by atoms with van der Waals surface area (Å²) in [5.74, 6) is 2.00. The molecule has 3 atom stereocenters. The molecule has 0 spiro atoms. The summed E-state index contributed by atoms with van der Waals surface area (Å²) < 4.78 is 1.69. The van der Waals surface area contributed by atoms with Crippen LogP contribution in [0, 0.1) is 17.8 Å². The predicted octanol–water partition coefficient (Wildman–Crippen LogP) is 1.57. The Bertz CT molecular complexity index is 449. The van der Waals surface area contributed by atoms with Gasteiger partial charge in [0, 0.05) is 25.2 Å². The van der Waals surface area contributed by atoms with E-state index in [2.05, 4.69) is 22.6 Å². The lowest BCUT2D eigenvalue weighted by molar-refractivity contribution is -0.120. The van der Waals surface area contributed by atoms with E-state index in [0.717, 1.165) is 12.8 Å². The summed E-state index contributed by atoms with van der Waals surface area (Å²) in [4.78, 5) is 12.0. The number of carbonyl (C=O) groups is 1. The molecule has 1 saturated carbocycles. The fourth-order valence-electron chi connectivity index (χ4n) is 2.78. The van der Waals surface area contributed by atoms with Gasteiger partial charge in [0.05, 0.1) is 0 Å². The standard InChI is InChI=1S/C12H15N3O/c1-15-5-4-11(14-15)13-12(16)10-7-8-2-3-9(10)6-8/h2-5,8-10H,6-7H2,1H3,(H,13,14,16). The van der Waals surface area contributed by atoms with Crippen LogP contribution in [0.1, 0.15) is 12.8 Å². The Balaban J connectivity index is 1.68. The van der Waals surface area contributed by atoms with E-state index in [1.165, 1.54) is 0 Å². The Morgan fingerprint density at radius 2 is 2.38 bits per heavy atom. The van der Waals surface area contributed by atoms with Gasteiger partial charge in [-0.1, -0.05) is 12.2 Å². The summed E-state index contributed by atoms with van der Waals surface area (Å²) in [5, 5.41) is 7.04. The van der Waals surface area contributed by atoms with Crippen molar-refractivity contribution in [3.8, 4) is 0 Å². The van der Waals surface area contributed by atoms with Gasteiger partial charge >= 0.3 is 0 Å². The maximum atomic E-state index is 12.0. The molecule has 2 aliphatic rings. The topological polar surface area (TPSA) is 46.9 Å². The third-order valence-electron chi connectivity index (χ3n) is 3.58. The van der Waals surface area contributed by atoms with Gasteiger partial charge in [0.25, 0.3) is 0 Å². The van der Waals surface area contributed by atoms with Crippen LogP contribution in [-0.2, 0) is 11.8 Å². The summed E-state index contributed by atoms with van der Waals surface area (Å²) >= 11 is 0. The molecular weight excluding hydrogens is 202 g/mol. The number of amides is 1. The van der Waals surface area contributed by atoms with E-state index in [0.29, 0.717) is 17.7 Å². The van der Waals surface area contributed by atoms with E-state index < -0.39 is 0 Å². The molecule has 84 valence electrons. The van der Waals surface area contributed by atoms with Crippen LogP contribution in [0.5, 0.6) is 0 Å². The van der Waals surface area contributed by atoms with Crippen molar-refractivity contribution in [2.45, 2.75) is 12.8 Å². The summed E-state index contributed by atoms with van der Waals surface area (Å²) in [6.45, 7) is 0. The molecule has 1 heterocycles. The highest BCUT2D eigenvalue weighted by Crippen LogP contribution is 2.43. The maximum Gasteiger partial charge on any atom is 0.229 e. The van der Waals surface area contributed by atoms with Gasteiger partial charge in [0.15, 0.2) is 5.82 Å². The SMILES string of the molecule is Cn1ccc(NC(=O)C2CC3C=CC2C3)n1. The van der Waals surface area contributed by atoms with Gasteiger partial charge in [-0.3, -0.25) is 9.48 Å². The lowest BCUT2D eigenvalue weighted by Crippen LogP contribution is -2.26. The fraction of sp³-hybridized carbons (Fsp3) is 0.500. The van der Waals surface area contributed by atoms with Crippen LogP contribution < -0.4 is 5.32 Å². The van der Waals surface area contributed by atoms with Gasteiger partial charge in [-0.05, 0) is 24.7 Å². The molecule has 3 unspecified atom stereocenters. The molecule has 4 nitrogen and oxygen atoms in total. The molecule has 1 N–H and O–H groups in total. The zero-order valence-corrected chi connectivity index (χ0v) is 9.26. The van der Waals surface area contributed by atoms with E-state index in [1.54, 1.807) is 4.68 Å². The van der Waals surface area contributed by atoms with Crippen molar-refractivity contribution in [3.05, 3.63) is 24.4 Å². The molecule has 1 amide bonds. The Morgan fingerprint density at radius 1 is 1.50 bits per heavy atom. The van der Waals surface area contributed by atoms with Gasteiger partial charge in [-0.25, -0.2) is 0 Å². The van der Waals surface area contributed by atoms with E-state index in [4.69, 9.17) is 0 Å². The van der Waals surface area contributed by atoms with Crippen LogP contribution >= 0.6 is 0 Å². The minimum Gasteiger partial charge on any atom is -0.309 e. The van der Waals surface area contributed by atoms with E-state index in [9.17, 15) is 4.79 Å². The van der Waals surface area contributed by atoms with Gasteiger partial charge in [0.1, 0.15) is 0 Å². The average Bonchev–Trinajstić information content (AvgIpc) is 2.93. The first-order valence-corrected chi connectivity index (χ1v) is 5.71. The second kappa shape index (κ2) is 3.47. The molecule has 2 bridgehead atoms. The van der Waals surface area contributed by atoms with E-state index in [1.807, 2.05) is 19.3 Å². The number of aryl methyl sites for hydroxylation is 1. The molecule has 1 aromatic rings. The van der Waals surface area contributed by atoms with E-state index >= 15 is 0 Å².